The summed E-state index contributed by atoms with van der Waals surface area (Å²) in [5.41, 5.74) is 0. The van der Waals surface area contributed by atoms with E-state index in [0.717, 1.165) is 6.92 Å². The van der Waals surface area contributed by atoms with Crippen molar-refractivity contribution in [2.75, 3.05) is 6.61 Å². The summed E-state index contributed by atoms with van der Waals surface area (Å²) in [4.78, 5) is 20.9. The van der Waals surface area contributed by atoms with Crippen LogP contribution in [0.3, 0.4) is 0 Å². The van der Waals surface area contributed by atoms with Crippen molar-refractivity contribution in [3.05, 3.63) is 0 Å². The molecule has 70 valence electrons. The number of hydrogen-bond acceptors (Lipinski definition) is 4. The van der Waals surface area contributed by atoms with Crippen LogP contribution in [-0.4, -0.2) is 28.0 Å². The molecule has 0 saturated heterocycles. The maximum atomic E-state index is 10.7. The minimum Gasteiger partial charge on any atom is -0.393 e. The van der Waals surface area contributed by atoms with Crippen LogP contribution in [0.1, 0.15) is 13.3 Å². The van der Waals surface area contributed by atoms with Gasteiger partial charge in [0.1, 0.15) is 0 Å². The monoisotopic (exact) mass is 214 g/mol. The third kappa shape index (κ3) is 5.35. The van der Waals surface area contributed by atoms with Crippen molar-refractivity contribution in [1.29, 1.82) is 0 Å². The lowest BCUT2D eigenvalue weighted by molar-refractivity contribution is -0.158. The Hall–Kier alpha value is -0.320. The lowest BCUT2D eigenvalue weighted by atomic mass is 10.3. The summed E-state index contributed by atoms with van der Waals surface area (Å²) in [6, 6.07) is 0. The first-order chi connectivity index (χ1) is 5.37. The van der Waals surface area contributed by atoms with Gasteiger partial charge < -0.3 is 9.84 Å². The van der Waals surface area contributed by atoms with Gasteiger partial charge in [0.05, 0.1) is 13.0 Å². The number of ether oxygens (including phenoxy) is 1. The summed E-state index contributed by atoms with van der Waals surface area (Å²) in [7, 11) is 0. The fourth-order valence-corrected chi connectivity index (χ4v) is 0.682. The number of carbonyl (C=O) groups excluding carboxylic acids is 2. The Labute approximate surface area is 79.4 Å². The first-order valence-corrected chi connectivity index (χ1v) is 3.83. The number of hydrogen-bond donors (Lipinski definition) is 1. The van der Waals surface area contributed by atoms with Gasteiger partial charge in [-0.05, 0) is 0 Å². The van der Waals surface area contributed by atoms with Crippen molar-refractivity contribution in [3.63, 3.8) is 0 Å². The Morgan fingerprint density at radius 1 is 1.50 bits per heavy atom. The van der Waals surface area contributed by atoms with Gasteiger partial charge in [0, 0.05) is 6.92 Å². The average Bonchev–Trinajstić information content (AvgIpc) is 1.84. The van der Waals surface area contributed by atoms with Crippen LogP contribution in [0.2, 0.25) is 0 Å². The fraction of sp³-hybridized carbons (Fsp3) is 0.667. The maximum absolute atomic E-state index is 10.7. The van der Waals surface area contributed by atoms with Gasteiger partial charge in [0.2, 0.25) is 0 Å². The summed E-state index contributed by atoms with van der Waals surface area (Å²) < 4.78 is 2.55. The molecule has 0 saturated carbocycles. The average molecular weight is 215 g/mol. The summed E-state index contributed by atoms with van der Waals surface area (Å²) in [5.74, 6) is -1.59. The standard InChI is InChI=1S/C6H8Cl2O4/c1-4(10)12-5(11)2-6(7,8)3-9/h9H,2-3H2,1H3. The minimum atomic E-state index is -1.58. The van der Waals surface area contributed by atoms with Gasteiger partial charge in [-0.2, -0.15) is 0 Å². The number of carbonyl (C=O) groups is 2. The summed E-state index contributed by atoms with van der Waals surface area (Å²) in [5, 5.41) is 8.52. The van der Waals surface area contributed by atoms with Gasteiger partial charge >= 0.3 is 11.9 Å². The van der Waals surface area contributed by atoms with Crippen molar-refractivity contribution < 1.29 is 19.4 Å². The number of esters is 2. The molecule has 1 N–H and O–H groups in total. The zero-order valence-corrected chi connectivity index (χ0v) is 7.85. The first-order valence-electron chi connectivity index (χ1n) is 3.07. The van der Waals surface area contributed by atoms with E-state index in [0.29, 0.717) is 0 Å². The molecule has 12 heavy (non-hydrogen) atoms. The van der Waals surface area contributed by atoms with E-state index in [1.165, 1.54) is 0 Å². The molecule has 0 aromatic rings. The first kappa shape index (κ1) is 11.7. The molecule has 6 heteroatoms. The number of alkyl halides is 2. The van der Waals surface area contributed by atoms with Gasteiger partial charge in [0.15, 0.2) is 4.33 Å². The molecule has 0 unspecified atom stereocenters. The predicted octanol–water partition coefficient (Wildman–Crippen LogP) is 0.632. The molecule has 0 bridgehead atoms. The highest BCUT2D eigenvalue weighted by molar-refractivity contribution is 6.49. The van der Waals surface area contributed by atoms with E-state index < -0.39 is 29.3 Å². The molecule has 0 atom stereocenters. The van der Waals surface area contributed by atoms with Crippen molar-refractivity contribution in [1.82, 2.24) is 0 Å². The normalized spacial score (nSPS) is 11.0. The van der Waals surface area contributed by atoms with Gasteiger partial charge in [-0.1, -0.05) is 23.2 Å². The number of aliphatic hydroxyl groups excluding tert-OH is 1. The van der Waals surface area contributed by atoms with Crippen LogP contribution >= 0.6 is 23.2 Å². The van der Waals surface area contributed by atoms with Crippen LogP contribution in [0.5, 0.6) is 0 Å². The van der Waals surface area contributed by atoms with Crippen molar-refractivity contribution in [3.8, 4) is 0 Å². The zero-order chi connectivity index (χ0) is 9.78. The molecule has 0 radical (unpaired) electrons. The maximum Gasteiger partial charge on any atom is 0.316 e. The van der Waals surface area contributed by atoms with Crippen LogP contribution < -0.4 is 0 Å². The smallest absolute Gasteiger partial charge is 0.316 e. The molecule has 0 aliphatic rings. The van der Waals surface area contributed by atoms with E-state index in [4.69, 9.17) is 28.3 Å². The second kappa shape index (κ2) is 4.64. The second-order valence-electron chi connectivity index (χ2n) is 2.16. The Kier molecular flexibility index (Phi) is 4.52. The van der Waals surface area contributed by atoms with Crippen LogP contribution in [0.15, 0.2) is 0 Å². The molecule has 0 aromatic carbocycles. The molecule has 4 nitrogen and oxygen atoms in total. The highest BCUT2D eigenvalue weighted by atomic mass is 35.5. The van der Waals surface area contributed by atoms with Crippen LogP contribution in [0, 0.1) is 0 Å². The van der Waals surface area contributed by atoms with E-state index in [1.807, 2.05) is 0 Å². The molecule has 0 rings (SSSR count). The van der Waals surface area contributed by atoms with Gasteiger partial charge in [-0.25, -0.2) is 0 Å². The van der Waals surface area contributed by atoms with Crippen molar-refractivity contribution in [2.45, 2.75) is 17.7 Å². The Bertz CT molecular complexity index is 190. The Morgan fingerprint density at radius 3 is 2.33 bits per heavy atom. The summed E-state index contributed by atoms with van der Waals surface area (Å²) in [6.45, 7) is 0.504. The molecule has 0 amide bonds. The highest BCUT2D eigenvalue weighted by Gasteiger charge is 2.28. The molecule has 0 aromatic heterocycles. The lowest BCUT2D eigenvalue weighted by Gasteiger charge is -2.13. The van der Waals surface area contributed by atoms with E-state index in [2.05, 4.69) is 4.74 Å². The molecule has 0 spiro atoms. The molecular formula is C6H8Cl2O4. The van der Waals surface area contributed by atoms with E-state index in [1.54, 1.807) is 0 Å². The number of aliphatic hydroxyl groups is 1. The fourth-order valence-electron chi connectivity index (χ4n) is 0.463. The van der Waals surface area contributed by atoms with Crippen molar-refractivity contribution >= 4 is 35.1 Å². The van der Waals surface area contributed by atoms with E-state index in [-0.39, 0.29) is 0 Å². The second-order valence-corrected chi connectivity index (χ2v) is 3.80. The molecule has 0 fully saturated rings. The minimum absolute atomic E-state index is 0.424. The quantitative estimate of drug-likeness (QED) is 0.426. The van der Waals surface area contributed by atoms with Gasteiger partial charge in [-0.3, -0.25) is 9.59 Å². The molecule has 0 aliphatic carbocycles. The SMILES string of the molecule is CC(=O)OC(=O)CC(Cl)(Cl)CO. The largest absolute Gasteiger partial charge is 0.393 e. The number of rotatable bonds is 3. The summed E-state index contributed by atoms with van der Waals surface area (Å²) in [6.07, 6.45) is -0.424. The topological polar surface area (TPSA) is 63.6 Å². The third-order valence-electron chi connectivity index (χ3n) is 0.892. The third-order valence-corrected chi connectivity index (χ3v) is 1.40. The number of halogens is 2. The van der Waals surface area contributed by atoms with E-state index >= 15 is 0 Å². The summed E-state index contributed by atoms with van der Waals surface area (Å²) >= 11 is 10.8. The molecule has 0 heterocycles. The lowest BCUT2D eigenvalue weighted by Crippen LogP contribution is -2.25. The zero-order valence-electron chi connectivity index (χ0n) is 6.34. The van der Waals surface area contributed by atoms with Gasteiger partial charge in [-0.15, -0.1) is 0 Å². The molecule has 0 aliphatic heterocycles. The predicted molar refractivity (Wildman–Crippen MR) is 42.9 cm³/mol. The van der Waals surface area contributed by atoms with Crippen LogP contribution in [0.25, 0.3) is 0 Å². The Balaban J connectivity index is 3.92. The van der Waals surface area contributed by atoms with Crippen LogP contribution in [0.4, 0.5) is 0 Å². The van der Waals surface area contributed by atoms with Gasteiger partial charge in [0.25, 0.3) is 0 Å². The highest BCUT2D eigenvalue weighted by Crippen LogP contribution is 2.24. The van der Waals surface area contributed by atoms with E-state index in [9.17, 15) is 9.59 Å². The van der Waals surface area contributed by atoms with Crippen molar-refractivity contribution in [2.24, 2.45) is 0 Å². The van der Waals surface area contributed by atoms with Crippen LogP contribution in [-0.2, 0) is 14.3 Å². The molecular weight excluding hydrogens is 207 g/mol. The Morgan fingerprint density at radius 2 is 2.00 bits per heavy atom.